The first-order chi connectivity index (χ1) is 21.8. The molecule has 46 heavy (non-hydrogen) atoms. The number of likely N-dealkylation sites (N-methyl/N-ethyl adjacent to an activating group) is 1. The van der Waals surface area contributed by atoms with E-state index in [0.717, 1.165) is 36.5 Å². The lowest BCUT2D eigenvalue weighted by Gasteiger charge is -2.45. The van der Waals surface area contributed by atoms with E-state index >= 15 is 0 Å². The molecule has 3 aromatic rings. The van der Waals surface area contributed by atoms with Gasteiger partial charge in [0.2, 0.25) is 0 Å². The topological polar surface area (TPSA) is 92.8 Å². The molecule has 2 heterocycles. The predicted molar refractivity (Wildman–Crippen MR) is 186 cm³/mol. The molecule has 10 heteroatoms. The minimum absolute atomic E-state index is 0.0774. The van der Waals surface area contributed by atoms with Gasteiger partial charge in [0.15, 0.2) is 5.01 Å². The monoisotopic (exact) mass is 661 g/mol. The number of hydrogen-bond donors (Lipinski definition) is 2. The van der Waals surface area contributed by atoms with Crippen LogP contribution in [0, 0.1) is 11.3 Å². The summed E-state index contributed by atoms with van der Waals surface area (Å²) in [6.07, 6.45) is 2.52. The average molecular weight is 662 g/mol. The fourth-order valence-corrected chi connectivity index (χ4v) is 10.00. The molecule has 5 rings (SSSR count). The number of fused-ring (bicyclic) bond motifs is 1. The average Bonchev–Trinajstić information content (AvgIpc) is 3.41. The third-order valence-electron chi connectivity index (χ3n) is 8.62. The molecule has 4 atom stereocenters. The highest BCUT2D eigenvalue weighted by Gasteiger charge is 2.43. The molecule has 8 nitrogen and oxygen atoms in total. The van der Waals surface area contributed by atoms with Gasteiger partial charge in [-0.1, -0.05) is 81.4 Å². The Morgan fingerprint density at radius 1 is 0.935 bits per heavy atom. The summed E-state index contributed by atoms with van der Waals surface area (Å²) in [7, 11) is 0.531. The molecule has 1 saturated carbocycles. The lowest BCUT2D eigenvalue weighted by Crippen LogP contribution is -2.58. The number of nitrogens with one attached hydrogen (secondary N) is 2. The van der Waals surface area contributed by atoms with E-state index in [1.165, 1.54) is 21.7 Å². The molecule has 0 saturated heterocycles. The Morgan fingerprint density at radius 2 is 1.57 bits per heavy atom. The van der Waals surface area contributed by atoms with Gasteiger partial charge in [0.1, 0.15) is 5.60 Å². The minimum atomic E-state index is -1.56. The highest BCUT2D eigenvalue weighted by atomic mass is 32.1. The second kappa shape index (κ2) is 14.4. The van der Waals surface area contributed by atoms with E-state index in [9.17, 15) is 9.59 Å². The summed E-state index contributed by atoms with van der Waals surface area (Å²) in [4.78, 5) is 34.8. The van der Waals surface area contributed by atoms with Gasteiger partial charge < -0.3 is 24.7 Å². The second-order valence-electron chi connectivity index (χ2n) is 14.7. The molecule has 2 aliphatic rings. The van der Waals surface area contributed by atoms with Gasteiger partial charge in [0.05, 0.1) is 17.8 Å². The van der Waals surface area contributed by atoms with Crippen molar-refractivity contribution in [3.8, 4) is 0 Å². The summed E-state index contributed by atoms with van der Waals surface area (Å²) in [5, 5.41) is 9.30. The molecule has 1 aliphatic heterocycles. The van der Waals surface area contributed by atoms with Crippen LogP contribution in [0.4, 0.5) is 4.79 Å². The Morgan fingerprint density at radius 3 is 2.15 bits per heavy atom. The maximum Gasteiger partial charge on any atom is 0.407 e. The number of benzene rings is 2. The van der Waals surface area contributed by atoms with Crippen molar-refractivity contribution in [3.05, 3.63) is 76.2 Å². The zero-order chi connectivity index (χ0) is 33.1. The summed E-state index contributed by atoms with van der Waals surface area (Å²) in [5.41, 5.74) is 0.242. The van der Waals surface area contributed by atoms with E-state index in [4.69, 9.17) is 14.1 Å². The first-order valence-electron chi connectivity index (χ1n) is 16.4. The Bertz CT molecular complexity index is 1430. The highest BCUT2D eigenvalue weighted by molar-refractivity contribution is 7.13. The first kappa shape index (κ1) is 34.3. The molecule has 4 unspecified atom stereocenters. The van der Waals surface area contributed by atoms with Crippen LogP contribution in [0.5, 0.6) is 0 Å². The van der Waals surface area contributed by atoms with Crippen molar-refractivity contribution in [3.63, 3.8) is 0 Å². The molecule has 0 spiro atoms. The molecule has 1 radical (unpaired) electrons. The van der Waals surface area contributed by atoms with E-state index < -0.39 is 20.7 Å². The Hall–Kier alpha value is -3.05. The van der Waals surface area contributed by atoms with E-state index in [0.29, 0.717) is 17.8 Å². The second-order valence-corrected chi connectivity index (χ2v) is 17.9. The van der Waals surface area contributed by atoms with Crippen LogP contribution in [0.15, 0.2) is 60.7 Å². The van der Waals surface area contributed by atoms with Gasteiger partial charge in [0, 0.05) is 30.4 Å². The summed E-state index contributed by atoms with van der Waals surface area (Å²) in [6, 6.07) is 20.5. The number of carbonyl (C=O) groups is 2. The maximum atomic E-state index is 13.7. The zero-order valence-electron chi connectivity index (χ0n) is 28.3. The Labute approximate surface area is 280 Å². The van der Waals surface area contributed by atoms with Crippen molar-refractivity contribution in [2.75, 3.05) is 13.6 Å². The predicted octanol–water partition coefficient (Wildman–Crippen LogP) is 5.16. The quantitative estimate of drug-likeness (QED) is 0.324. The lowest BCUT2D eigenvalue weighted by molar-refractivity contribution is 0.00667. The van der Waals surface area contributed by atoms with Crippen LogP contribution in [0.3, 0.4) is 0 Å². The van der Waals surface area contributed by atoms with Crippen LogP contribution in [0.25, 0.3) is 0 Å². The van der Waals surface area contributed by atoms with Crippen molar-refractivity contribution in [2.45, 2.75) is 97.6 Å². The summed E-state index contributed by atoms with van der Waals surface area (Å²) < 4.78 is 12.9. The molecule has 1 aliphatic carbocycles. The number of alkyl carbamates (subject to hydrolysis) is 1. The molecule has 2 aromatic carbocycles. The fourth-order valence-electron chi connectivity index (χ4n) is 6.51. The standard InChI is InChI=1S/C36H49N4O4SSi/c1-35(2,3)31(44-46(25-14-10-8-11-15-25)26-16-12-9-13-17-26)24-18-19-27(39-34(42)43-36(4,5)6)29(22-24)37-32(41)33-38-28-20-21-40(7)23-30(28)45-33/h8-17,24,27,29,31H,18-23H2,1-7H3,(H,37,41)(H,39,42). The summed E-state index contributed by atoms with van der Waals surface area (Å²) in [6.45, 7) is 14.0. The summed E-state index contributed by atoms with van der Waals surface area (Å²) >= 11 is 1.48. The fraction of sp³-hybridized carbons (Fsp3) is 0.528. The maximum absolute atomic E-state index is 13.7. The third-order valence-corrected chi connectivity index (χ3v) is 11.9. The zero-order valence-corrected chi connectivity index (χ0v) is 30.1. The number of rotatable bonds is 8. The van der Waals surface area contributed by atoms with Crippen molar-refractivity contribution < 1.29 is 18.8 Å². The van der Waals surface area contributed by atoms with Crippen LogP contribution in [-0.2, 0) is 22.1 Å². The number of hydrogen-bond acceptors (Lipinski definition) is 7. The Kier molecular flexibility index (Phi) is 10.7. The van der Waals surface area contributed by atoms with E-state index in [1.54, 1.807) is 0 Å². The molecule has 2 amide bonds. The van der Waals surface area contributed by atoms with Crippen LogP contribution >= 0.6 is 11.3 Å². The normalized spacial score (nSPS) is 21.3. The lowest BCUT2D eigenvalue weighted by atomic mass is 9.72. The van der Waals surface area contributed by atoms with Crippen LogP contribution < -0.4 is 21.0 Å². The van der Waals surface area contributed by atoms with Gasteiger partial charge in [-0.05, 0) is 68.8 Å². The van der Waals surface area contributed by atoms with Gasteiger partial charge in [0.25, 0.3) is 14.9 Å². The molecule has 0 bridgehead atoms. The molecular weight excluding hydrogens is 613 g/mol. The van der Waals surface area contributed by atoms with Crippen LogP contribution in [-0.4, -0.2) is 68.3 Å². The number of nitrogens with zero attached hydrogens (tertiary/aromatic N) is 2. The number of thiazole rings is 1. The van der Waals surface area contributed by atoms with Crippen molar-refractivity contribution in [1.82, 2.24) is 20.5 Å². The number of amides is 2. The summed E-state index contributed by atoms with van der Waals surface area (Å²) in [5.74, 6) is -0.0252. The van der Waals surface area contributed by atoms with Gasteiger partial charge in [-0.25, -0.2) is 9.78 Å². The smallest absolute Gasteiger partial charge is 0.407 e. The largest absolute Gasteiger partial charge is 0.444 e. The molecule has 247 valence electrons. The molecule has 2 N–H and O–H groups in total. The SMILES string of the molecule is CN1CCc2nc(C(=O)NC3CC(C(O[Si](c4ccccc4)c4ccccc4)C(C)(C)C)CCC3NC(=O)OC(C)(C)C)sc2C1. The number of carbonyl (C=O) groups excluding carboxylic acids is 2. The van der Waals surface area contributed by atoms with Gasteiger partial charge in [-0.2, -0.15) is 0 Å². The van der Waals surface area contributed by atoms with Crippen molar-refractivity contribution >= 4 is 42.8 Å². The minimum Gasteiger partial charge on any atom is -0.444 e. The van der Waals surface area contributed by atoms with Gasteiger partial charge in [-0.3, -0.25) is 4.79 Å². The number of ether oxygens (including phenoxy) is 1. The van der Waals surface area contributed by atoms with E-state index in [2.05, 4.69) is 91.9 Å². The molecule has 1 aromatic heterocycles. The van der Waals surface area contributed by atoms with Crippen LogP contribution in [0.1, 0.15) is 81.2 Å². The third kappa shape index (κ3) is 8.85. The molecular formula is C36H49N4O4SSi. The van der Waals surface area contributed by atoms with E-state index in [-0.39, 0.29) is 35.4 Å². The molecule has 1 fully saturated rings. The van der Waals surface area contributed by atoms with Crippen LogP contribution in [0.2, 0.25) is 0 Å². The van der Waals surface area contributed by atoms with E-state index in [1.807, 2.05) is 32.9 Å². The highest BCUT2D eigenvalue weighted by Crippen LogP contribution is 2.38. The first-order valence-corrected chi connectivity index (χ1v) is 18.6. The van der Waals surface area contributed by atoms with Gasteiger partial charge >= 0.3 is 6.09 Å². The van der Waals surface area contributed by atoms with Crippen molar-refractivity contribution in [1.29, 1.82) is 0 Å². The Balaban J connectivity index is 1.40. The number of aromatic nitrogens is 1. The van der Waals surface area contributed by atoms with Gasteiger partial charge in [-0.15, -0.1) is 11.3 Å². The van der Waals surface area contributed by atoms with Crippen molar-refractivity contribution in [2.24, 2.45) is 11.3 Å².